The molecule has 4 aromatic rings. The van der Waals surface area contributed by atoms with E-state index in [4.69, 9.17) is 0 Å². The van der Waals surface area contributed by atoms with Crippen molar-refractivity contribution in [3.63, 3.8) is 0 Å². The fourth-order valence-corrected chi connectivity index (χ4v) is 4.07. The topological polar surface area (TPSA) is 34.0 Å². The quantitative estimate of drug-likeness (QED) is 0.474. The fraction of sp³-hybridized carbons (Fsp3) is 0.136. The first kappa shape index (κ1) is 17.5. The number of nitrogens with one attached hydrogen (secondary N) is 1. The molecule has 0 aliphatic heterocycles. The van der Waals surface area contributed by atoms with Gasteiger partial charge in [0.1, 0.15) is 11.5 Å². The first-order chi connectivity index (χ1) is 13.2. The number of hydrogen-bond acceptors (Lipinski definition) is 2. The number of hydrogen-bond donors (Lipinski definition) is 1. The number of para-hydroxylation sites is 1. The monoisotopic (exact) mass is 378 g/mol. The van der Waals surface area contributed by atoms with E-state index in [0.717, 1.165) is 33.5 Å². The molecule has 0 atom stereocenters. The van der Waals surface area contributed by atoms with Crippen molar-refractivity contribution in [1.82, 2.24) is 4.57 Å². The number of halogens is 1. The van der Waals surface area contributed by atoms with Crippen molar-refractivity contribution in [1.29, 1.82) is 0 Å². The van der Waals surface area contributed by atoms with E-state index in [0.29, 0.717) is 12.2 Å². The molecule has 4 rings (SSSR count). The van der Waals surface area contributed by atoms with Crippen LogP contribution in [-0.4, -0.2) is 10.5 Å². The maximum atomic E-state index is 13.2. The zero-order chi connectivity index (χ0) is 18.8. The molecule has 0 unspecified atom stereocenters. The summed E-state index contributed by atoms with van der Waals surface area (Å²) in [5.41, 5.74) is 4.50. The molecule has 0 saturated carbocycles. The lowest BCUT2D eigenvalue weighted by Crippen LogP contribution is -2.18. The minimum absolute atomic E-state index is 0.138. The van der Waals surface area contributed by atoms with Gasteiger partial charge in [-0.05, 0) is 53.3 Å². The number of benzene rings is 2. The van der Waals surface area contributed by atoms with Gasteiger partial charge >= 0.3 is 0 Å². The average Bonchev–Trinajstić information content (AvgIpc) is 3.26. The second-order valence-electron chi connectivity index (χ2n) is 6.38. The van der Waals surface area contributed by atoms with E-state index in [2.05, 4.69) is 12.2 Å². The molecule has 2 heterocycles. The first-order valence-corrected chi connectivity index (χ1v) is 9.74. The lowest BCUT2D eigenvalue weighted by molar-refractivity contribution is 0.101. The maximum Gasteiger partial charge on any atom is 0.272 e. The van der Waals surface area contributed by atoms with Crippen LogP contribution in [0.25, 0.3) is 10.2 Å². The Morgan fingerprint density at radius 2 is 1.89 bits per heavy atom. The Bertz CT molecular complexity index is 1100. The zero-order valence-corrected chi connectivity index (χ0v) is 15.7. The third-order valence-corrected chi connectivity index (χ3v) is 5.51. The van der Waals surface area contributed by atoms with Crippen LogP contribution in [0.1, 0.15) is 28.5 Å². The van der Waals surface area contributed by atoms with E-state index in [9.17, 15) is 9.18 Å². The van der Waals surface area contributed by atoms with Crippen molar-refractivity contribution in [3.05, 3.63) is 88.7 Å². The highest BCUT2D eigenvalue weighted by atomic mass is 32.1. The van der Waals surface area contributed by atoms with Gasteiger partial charge in [-0.2, -0.15) is 0 Å². The highest BCUT2D eigenvalue weighted by Gasteiger charge is 2.17. The second kappa shape index (κ2) is 7.37. The SMILES string of the molecule is CCc1ccccc1NC(=O)c1cc2sccc2n1Cc1ccc(F)cc1. The number of fused-ring (bicyclic) bond motifs is 1. The summed E-state index contributed by atoms with van der Waals surface area (Å²) in [6.45, 7) is 2.58. The van der Waals surface area contributed by atoms with Gasteiger partial charge in [0.2, 0.25) is 0 Å². The molecule has 2 aromatic carbocycles. The predicted molar refractivity (Wildman–Crippen MR) is 109 cm³/mol. The maximum absolute atomic E-state index is 13.2. The lowest BCUT2D eigenvalue weighted by Gasteiger charge is -2.13. The molecule has 0 aliphatic carbocycles. The summed E-state index contributed by atoms with van der Waals surface area (Å²) in [6.07, 6.45) is 0.849. The lowest BCUT2D eigenvalue weighted by atomic mass is 10.1. The highest BCUT2D eigenvalue weighted by molar-refractivity contribution is 7.17. The van der Waals surface area contributed by atoms with E-state index < -0.39 is 0 Å². The molecular formula is C22H19FN2OS. The Kier molecular flexibility index (Phi) is 4.77. The molecule has 1 amide bonds. The van der Waals surface area contributed by atoms with Crippen LogP contribution in [0.2, 0.25) is 0 Å². The average molecular weight is 378 g/mol. The molecule has 0 saturated heterocycles. The van der Waals surface area contributed by atoms with Crippen molar-refractivity contribution < 1.29 is 9.18 Å². The normalized spacial score (nSPS) is 11.0. The predicted octanol–water partition coefficient (Wildman–Crippen LogP) is 5.70. The van der Waals surface area contributed by atoms with Crippen LogP contribution in [0.5, 0.6) is 0 Å². The molecular weight excluding hydrogens is 359 g/mol. The summed E-state index contributed by atoms with van der Waals surface area (Å²) in [6, 6.07) is 18.2. The van der Waals surface area contributed by atoms with Crippen LogP contribution in [0.4, 0.5) is 10.1 Å². The van der Waals surface area contributed by atoms with Gasteiger partial charge in [-0.3, -0.25) is 4.79 Å². The molecule has 27 heavy (non-hydrogen) atoms. The number of rotatable bonds is 5. The van der Waals surface area contributed by atoms with E-state index in [1.165, 1.54) is 12.1 Å². The van der Waals surface area contributed by atoms with Crippen LogP contribution in [0, 0.1) is 5.82 Å². The molecule has 3 nitrogen and oxygen atoms in total. The Labute approximate surface area is 161 Å². The first-order valence-electron chi connectivity index (χ1n) is 8.86. The summed E-state index contributed by atoms with van der Waals surface area (Å²) >= 11 is 1.61. The molecule has 0 aliphatic rings. The summed E-state index contributed by atoms with van der Waals surface area (Å²) in [4.78, 5) is 13.0. The molecule has 0 fully saturated rings. The van der Waals surface area contributed by atoms with Gasteiger partial charge in [-0.1, -0.05) is 37.3 Å². The number of amides is 1. The van der Waals surface area contributed by atoms with Gasteiger partial charge in [0.05, 0.1) is 10.2 Å². The summed E-state index contributed by atoms with van der Waals surface area (Å²) in [7, 11) is 0. The molecule has 2 aromatic heterocycles. The van der Waals surface area contributed by atoms with Gasteiger partial charge in [-0.15, -0.1) is 11.3 Å². The second-order valence-corrected chi connectivity index (χ2v) is 7.32. The summed E-state index contributed by atoms with van der Waals surface area (Å²) in [5, 5.41) is 5.06. The van der Waals surface area contributed by atoms with Crippen molar-refractivity contribution in [2.24, 2.45) is 0 Å². The van der Waals surface area contributed by atoms with Crippen LogP contribution < -0.4 is 5.32 Å². The smallest absolute Gasteiger partial charge is 0.272 e. The van der Waals surface area contributed by atoms with Gasteiger partial charge in [0.15, 0.2) is 0 Å². The van der Waals surface area contributed by atoms with Gasteiger partial charge in [-0.25, -0.2) is 4.39 Å². The Hall–Kier alpha value is -2.92. The standard InChI is InChI=1S/C22H19FN2OS/c1-2-16-5-3-4-6-18(16)24-22(26)20-13-21-19(11-12-27-21)25(20)14-15-7-9-17(23)10-8-15/h3-13H,2,14H2,1H3,(H,24,26). The largest absolute Gasteiger partial charge is 0.331 e. The minimum atomic E-state index is -0.263. The number of thiophene rings is 1. The number of nitrogens with zero attached hydrogens (tertiary/aromatic N) is 1. The van der Waals surface area contributed by atoms with Crippen molar-refractivity contribution in [3.8, 4) is 0 Å². The van der Waals surface area contributed by atoms with Crippen LogP contribution in [0.15, 0.2) is 66.0 Å². The zero-order valence-electron chi connectivity index (χ0n) is 14.9. The third kappa shape index (κ3) is 3.51. The van der Waals surface area contributed by atoms with Crippen LogP contribution >= 0.6 is 11.3 Å². The van der Waals surface area contributed by atoms with E-state index >= 15 is 0 Å². The number of anilines is 1. The number of aryl methyl sites for hydroxylation is 1. The number of carbonyl (C=O) groups excluding carboxylic acids is 1. The molecule has 136 valence electrons. The van der Waals surface area contributed by atoms with Gasteiger partial charge in [0, 0.05) is 12.2 Å². The Morgan fingerprint density at radius 3 is 2.67 bits per heavy atom. The van der Waals surface area contributed by atoms with Gasteiger partial charge < -0.3 is 9.88 Å². The van der Waals surface area contributed by atoms with Crippen LogP contribution in [-0.2, 0) is 13.0 Å². The van der Waals surface area contributed by atoms with Crippen LogP contribution in [0.3, 0.4) is 0 Å². The van der Waals surface area contributed by atoms with E-state index in [1.807, 2.05) is 46.3 Å². The number of aromatic nitrogens is 1. The van der Waals surface area contributed by atoms with Gasteiger partial charge in [0.25, 0.3) is 5.91 Å². The Morgan fingerprint density at radius 1 is 1.11 bits per heavy atom. The number of carbonyl (C=O) groups is 1. The fourth-order valence-electron chi connectivity index (χ4n) is 3.24. The molecule has 5 heteroatoms. The summed E-state index contributed by atoms with van der Waals surface area (Å²) < 4.78 is 16.3. The minimum Gasteiger partial charge on any atom is -0.331 e. The Balaban J connectivity index is 1.69. The third-order valence-electron chi connectivity index (χ3n) is 4.66. The summed E-state index contributed by atoms with van der Waals surface area (Å²) in [5.74, 6) is -0.400. The molecule has 1 N–H and O–H groups in total. The highest BCUT2D eigenvalue weighted by Crippen LogP contribution is 2.27. The molecule has 0 spiro atoms. The molecule has 0 bridgehead atoms. The van der Waals surface area contributed by atoms with Crippen molar-refractivity contribution in [2.75, 3.05) is 5.32 Å². The van der Waals surface area contributed by atoms with Crippen molar-refractivity contribution >= 4 is 33.1 Å². The van der Waals surface area contributed by atoms with E-state index in [1.54, 1.807) is 23.5 Å². The van der Waals surface area contributed by atoms with Crippen molar-refractivity contribution in [2.45, 2.75) is 19.9 Å². The van der Waals surface area contributed by atoms with E-state index in [-0.39, 0.29) is 11.7 Å². The molecule has 0 radical (unpaired) electrons.